The summed E-state index contributed by atoms with van der Waals surface area (Å²) < 4.78 is 0. The van der Waals surface area contributed by atoms with Gasteiger partial charge in [0.15, 0.2) is 5.11 Å². The van der Waals surface area contributed by atoms with Gasteiger partial charge in [0.2, 0.25) is 0 Å². The molecule has 4 nitrogen and oxygen atoms in total. The number of thioether (sulfide) groups is 1. The van der Waals surface area contributed by atoms with Crippen molar-refractivity contribution in [3.05, 3.63) is 35.9 Å². The molecule has 0 heterocycles. The van der Waals surface area contributed by atoms with E-state index in [1.165, 1.54) is 0 Å². The molecular formula is C13H18N2O2S2. The molecule has 0 bridgehead atoms. The van der Waals surface area contributed by atoms with Crippen molar-refractivity contribution in [3.8, 4) is 0 Å². The molecule has 0 amide bonds. The smallest absolute Gasteiger partial charge is 0.326 e. The summed E-state index contributed by atoms with van der Waals surface area (Å²) in [4.78, 5) is 11.1. The highest BCUT2D eigenvalue weighted by Crippen LogP contribution is 2.01. The number of aliphatic carboxylic acids is 1. The number of carboxylic acid groups (broad SMARTS) is 1. The third-order valence-electron chi connectivity index (χ3n) is 2.51. The molecule has 1 rings (SSSR count). The van der Waals surface area contributed by atoms with E-state index in [2.05, 4.69) is 10.6 Å². The van der Waals surface area contributed by atoms with Gasteiger partial charge in [0.1, 0.15) is 6.04 Å². The van der Waals surface area contributed by atoms with Crippen molar-refractivity contribution in [2.45, 2.75) is 19.0 Å². The summed E-state index contributed by atoms with van der Waals surface area (Å²) in [6.07, 6.45) is 2.49. The summed E-state index contributed by atoms with van der Waals surface area (Å²) in [5.41, 5.74) is 1.10. The zero-order valence-electron chi connectivity index (χ0n) is 10.8. The summed E-state index contributed by atoms with van der Waals surface area (Å²) in [5, 5.41) is 15.3. The molecular weight excluding hydrogens is 280 g/mol. The third-order valence-corrected chi connectivity index (χ3v) is 3.42. The minimum Gasteiger partial charge on any atom is -0.480 e. The summed E-state index contributed by atoms with van der Waals surface area (Å²) in [6.45, 7) is 0.585. The van der Waals surface area contributed by atoms with Crippen molar-refractivity contribution in [2.75, 3.05) is 12.0 Å². The average molecular weight is 298 g/mol. The molecule has 0 fully saturated rings. The molecule has 0 aliphatic rings. The number of benzene rings is 1. The molecule has 104 valence electrons. The second-order valence-corrected chi connectivity index (χ2v) is 5.38. The second kappa shape index (κ2) is 8.77. The number of rotatable bonds is 7. The molecule has 0 saturated heterocycles. The molecule has 1 atom stereocenters. The summed E-state index contributed by atoms with van der Waals surface area (Å²) in [5.74, 6) is -0.0939. The van der Waals surface area contributed by atoms with Gasteiger partial charge in [0, 0.05) is 6.54 Å². The fourth-order valence-corrected chi connectivity index (χ4v) is 2.17. The van der Waals surface area contributed by atoms with Crippen LogP contribution in [0.1, 0.15) is 12.0 Å². The van der Waals surface area contributed by atoms with E-state index in [1.54, 1.807) is 11.8 Å². The van der Waals surface area contributed by atoms with Crippen LogP contribution in [0.4, 0.5) is 0 Å². The zero-order valence-corrected chi connectivity index (χ0v) is 12.4. The Hall–Kier alpha value is -1.27. The largest absolute Gasteiger partial charge is 0.480 e. The van der Waals surface area contributed by atoms with Crippen LogP contribution in [-0.2, 0) is 11.3 Å². The van der Waals surface area contributed by atoms with Gasteiger partial charge in [-0.3, -0.25) is 0 Å². The highest BCUT2D eigenvalue weighted by Gasteiger charge is 2.17. The quantitative estimate of drug-likeness (QED) is 0.668. The maximum atomic E-state index is 11.1. The number of hydrogen-bond donors (Lipinski definition) is 3. The first-order valence-electron chi connectivity index (χ1n) is 5.93. The van der Waals surface area contributed by atoms with Crippen molar-refractivity contribution in [2.24, 2.45) is 0 Å². The molecule has 0 aliphatic heterocycles. The maximum absolute atomic E-state index is 11.1. The minimum atomic E-state index is -0.877. The van der Waals surface area contributed by atoms with Crippen LogP contribution in [0.15, 0.2) is 30.3 Å². The van der Waals surface area contributed by atoms with Crippen molar-refractivity contribution in [1.29, 1.82) is 0 Å². The molecule has 1 aromatic carbocycles. The molecule has 3 N–H and O–H groups in total. The molecule has 6 heteroatoms. The van der Waals surface area contributed by atoms with Crippen LogP contribution in [0.25, 0.3) is 0 Å². The number of nitrogens with one attached hydrogen (secondary N) is 2. The van der Waals surface area contributed by atoms with Crippen molar-refractivity contribution < 1.29 is 9.90 Å². The standard InChI is InChI=1S/C13H18N2O2S2/c1-19-8-7-11(12(16)17)15-13(18)14-9-10-5-3-2-4-6-10/h2-6,11H,7-9H2,1H3,(H,16,17)(H2,14,15,18). The molecule has 0 aromatic heterocycles. The van der Waals surface area contributed by atoms with Gasteiger partial charge in [-0.05, 0) is 36.2 Å². The average Bonchev–Trinajstić information content (AvgIpc) is 2.42. The Morgan fingerprint density at radius 3 is 2.68 bits per heavy atom. The highest BCUT2D eigenvalue weighted by molar-refractivity contribution is 7.98. The first-order chi connectivity index (χ1) is 9.13. The van der Waals surface area contributed by atoms with Gasteiger partial charge in [-0.2, -0.15) is 11.8 Å². The Kier molecular flexibility index (Phi) is 7.28. The van der Waals surface area contributed by atoms with Gasteiger partial charge in [-0.1, -0.05) is 30.3 Å². The number of thiocarbonyl (C=S) groups is 1. The van der Waals surface area contributed by atoms with Gasteiger partial charge in [-0.15, -0.1) is 0 Å². The topological polar surface area (TPSA) is 61.4 Å². The number of carboxylic acids is 1. The lowest BCUT2D eigenvalue weighted by molar-refractivity contribution is -0.139. The van der Waals surface area contributed by atoms with Gasteiger partial charge in [0.05, 0.1) is 0 Å². The summed E-state index contributed by atoms with van der Waals surface area (Å²) in [7, 11) is 0. The molecule has 19 heavy (non-hydrogen) atoms. The molecule has 0 saturated carbocycles. The predicted molar refractivity (Wildman–Crippen MR) is 83.4 cm³/mol. The maximum Gasteiger partial charge on any atom is 0.326 e. The Labute approximate surface area is 123 Å². The Morgan fingerprint density at radius 1 is 1.42 bits per heavy atom. The lowest BCUT2D eigenvalue weighted by Gasteiger charge is -2.17. The predicted octanol–water partition coefficient (Wildman–Crippen LogP) is 1.86. The van der Waals surface area contributed by atoms with Gasteiger partial charge >= 0.3 is 5.97 Å². The van der Waals surface area contributed by atoms with Crippen LogP contribution in [0, 0.1) is 0 Å². The van der Waals surface area contributed by atoms with Crippen LogP contribution in [-0.4, -0.2) is 34.2 Å². The molecule has 1 unspecified atom stereocenters. The third kappa shape index (κ3) is 6.45. The van der Waals surface area contributed by atoms with Crippen molar-refractivity contribution in [3.63, 3.8) is 0 Å². The second-order valence-electron chi connectivity index (χ2n) is 3.98. The first kappa shape index (κ1) is 15.8. The Bertz CT molecular complexity index is 412. The lowest BCUT2D eigenvalue weighted by atomic mass is 10.2. The SMILES string of the molecule is CSCCC(NC(=S)NCc1ccccc1)C(=O)O. The minimum absolute atomic E-state index is 0.373. The van der Waals surface area contributed by atoms with E-state index in [0.29, 0.717) is 18.1 Å². The van der Waals surface area contributed by atoms with Gasteiger partial charge in [-0.25, -0.2) is 4.79 Å². The molecule has 0 spiro atoms. The number of carbonyl (C=O) groups is 1. The van der Waals surface area contributed by atoms with E-state index in [4.69, 9.17) is 17.3 Å². The summed E-state index contributed by atoms with van der Waals surface area (Å²) >= 11 is 6.72. The van der Waals surface area contributed by atoms with Crippen LogP contribution < -0.4 is 10.6 Å². The molecule has 1 aromatic rings. The Balaban J connectivity index is 2.38. The zero-order chi connectivity index (χ0) is 14.1. The van der Waals surface area contributed by atoms with E-state index >= 15 is 0 Å². The summed E-state index contributed by atoms with van der Waals surface area (Å²) in [6, 6.07) is 9.18. The normalized spacial score (nSPS) is 11.6. The van der Waals surface area contributed by atoms with Crippen LogP contribution in [0.3, 0.4) is 0 Å². The monoisotopic (exact) mass is 298 g/mol. The van der Waals surface area contributed by atoms with E-state index in [1.807, 2.05) is 36.6 Å². The van der Waals surface area contributed by atoms with E-state index in [-0.39, 0.29) is 0 Å². The van der Waals surface area contributed by atoms with E-state index in [0.717, 1.165) is 11.3 Å². The highest BCUT2D eigenvalue weighted by atomic mass is 32.2. The van der Waals surface area contributed by atoms with Crippen molar-refractivity contribution in [1.82, 2.24) is 10.6 Å². The number of hydrogen-bond acceptors (Lipinski definition) is 3. The van der Waals surface area contributed by atoms with Gasteiger partial charge < -0.3 is 15.7 Å². The first-order valence-corrected chi connectivity index (χ1v) is 7.73. The fraction of sp³-hybridized carbons (Fsp3) is 0.385. The van der Waals surface area contributed by atoms with Crippen LogP contribution in [0.2, 0.25) is 0 Å². The lowest BCUT2D eigenvalue weighted by Crippen LogP contribution is -2.45. The van der Waals surface area contributed by atoms with Crippen molar-refractivity contribution >= 4 is 35.1 Å². The van der Waals surface area contributed by atoms with Crippen LogP contribution in [0.5, 0.6) is 0 Å². The fourth-order valence-electron chi connectivity index (χ4n) is 1.48. The molecule has 0 radical (unpaired) electrons. The van der Waals surface area contributed by atoms with Crippen LogP contribution >= 0.6 is 24.0 Å². The van der Waals surface area contributed by atoms with Gasteiger partial charge in [0.25, 0.3) is 0 Å². The Morgan fingerprint density at radius 2 is 2.11 bits per heavy atom. The van der Waals surface area contributed by atoms with E-state index in [9.17, 15) is 4.79 Å². The van der Waals surface area contributed by atoms with E-state index < -0.39 is 12.0 Å². The molecule has 0 aliphatic carbocycles.